The third-order valence-electron chi connectivity index (χ3n) is 5.07. The Morgan fingerprint density at radius 3 is 2.32 bits per heavy atom. The van der Waals surface area contributed by atoms with Crippen molar-refractivity contribution in [1.29, 1.82) is 0 Å². The van der Waals surface area contributed by atoms with E-state index in [4.69, 9.17) is 14.2 Å². The third-order valence-corrected chi connectivity index (χ3v) is 5.07. The normalized spacial score (nSPS) is 10.6. The van der Waals surface area contributed by atoms with Gasteiger partial charge in [-0.05, 0) is 85.1 Å². The molecule has 0 radical (unpaired) electrons. The molecule has 2 N–H and O–H groups in total. The maximum atomic E-state index is 12.3. The Morgan fingerprint density at radius 1 is 0.882 bits per heavy atom. The number of hydrazone groups is 1. The van der Waals surface area contributed by atoms with E-state index >= 15 is 0 Å². The zero-order valence-corrected chi connectivity index (χ0v) is 19.5. The van der Waals surface area contributed by atoms with E-state index < -0.39 is 0 Å². The van der Waals surface area contributed by atoms with Crippen molar-refractivity contribution in [3.05, 3.63) is 82.9 Å². The van der Waals surface area contributed by atoms with Crippen LogP contribution in [0.15, 0.2) is 65.8 Å². The molecule has 0 aliphatic heterocycles. The SMILES string of the molecule is COc1ccc(C(=O)N/N=C\c2ccc(OCC(=O)Nc3ccc(C)c(C)c3)c(OC)c2)cc1. The molecule has 0 unspecified atom stereocenters. The van der Waals surface area contributed by atoms with Gasteiger partial charge in [-0.2, -0.15) is 5.10 Å². The van der Waals surface area contributed by atoms with Crippen LogP contribution in [-0.4, -0.2) is 38.9 Å². The predicted octanol–water partition coefficient (Wildman–Crippen LogP) is 4.10. The number of hydrogen-bond donors (Lipinski definition) is 2. The molecule has 0 bridgehead atoms. The lowest BCUT2D eigenvalue weighted by atomic mass is 10.1. The van der Waals surface area contributed by atoms with Gasteiger partial charge in [0.15, 0.2) is 18.1 Å². The molecule has 0 fully saturated rings. The Kier molecular flexibility index (Phi) is 8.23. The van der Waals surface area contributed by atoms with Crippen LogP contribution in [0.1, 0.15) is 27.0 Å². The quantitative estimate of drug-likeness (QED) is 0.369. The number of methoxy groups -OCH3 is 2. The number of hydrogen-bond acceptors (Lipinski definition) is 6. The van der Waals surface area contributed by atoms with Gasteiger partial charge in [0.05, 0.1) is 20.4 Å². The highest BCUT2D eigenvalue weighted by Crippen LogP contribution is 2.27. The summed E-state index contributed by atoms with van der Waals surface area (Å²) in [4.78, 5) is 24.4. The first kappa shape index (κ1) is 24.3. The summed E-state index contributed by atoms with van der Waals surface area (Å²) in [6, 6.07) is 17.5. The molecule has 2 amide bonds. The predicted molar refractivity (Wildman–Crippen MR) is 131 cm³/mol. The summed E-state index contributed by atoms with van der Waals surface area (Å²) in [6.07, 6.45) is 1.49. The average Bonchev–Trinajstić information content (AvgIpc) is 2.85. The number of nitrogens with one attached hydrogen (secondary N) is 2. The number of anilines is 1. The topological polar surface area (TPSA) is 98.3 Å². The van der Waals surface area contributed by atoms with Crippen molar-refractivity contribution in [2.24, 2.45) is 5.10 Å². The van der Waals surface area contributed by atoms with Crippen LogP contribution >= 0.6 is 0 Å². The summed E-state index contributed by atoms with van der Waals surface area (Å²) in [5, 5.41) is 6.80. The second-order valence-electron chi connectivity index (χ2n) is 7.47. The van der Waals surface area contributed by atoms with Crippen molar-refractivity contribution < 1.29 is 23.8 Å². The van der Waals surface area contributed by atoms with E-state index in [1.54, 1.807) is 49.6 Å². The van der Waals surface area contributed by atoms with Crippen LogP contribution in [0.5, 0.6) is 17.2 Å². The van der Waals surface area contributed by atoms with Gasteiger partial charge in [0.2, 0.25) is 0 Å². The van der Waals surface area contributed by atoms with E-state index in [1.165, 1.54) is 13.3 Å². The van der Waals surface area contributed by atoms with Gasteiger partial charge in [0.25, 0.3) is 11.8 Å². The van der Waals surface area contributed by atoms with Crippen molar-refractivity contribution in [2.75, 3.05) is 26.1 Å². The number of benzene rings is 3. The lowest BCUT2D eigenvalue weighted by molar-refractivity contribution is -0.118. The number of nitrogens with zero attached hydrogens (tertiary/aromatic N) is 1. The van der Waals surface area contributed by atoms with E-state index in [0.717, 1.165) is 11.1 Å². The summed E-state index contributed by atoms with van der Waals surface area (Å²) in [5.74, 6) is 0.886. The first-order valence-corrected chi connectivity index (χ1v) is 10.5. The molecule has 8 nitrogen and oxygen atoms in total. The maximum absolute atomic E-state index is 12.3. The summed E-state index contributed by atoms with van der Waals surface area (Å²) >= 11 is 0. The van der Waals surface area contributed by atoms with E-state index in [1.807, 2.05) is 32.0 Å². The second kappa shape index (κ2) is 11.5. The fraction of sp³-hybridized carbons (Fsp3) is 0.192. The minimum atomic E-state index is -0.347. The molecule has 0 aliphatic rings. The number of amides is 2. The fourth-order valence-electron chi connectivity index (χ4n) is 3.02. The minimum Gasteiger partial charge on any atom is -0.497 e. The number of carbonyl (C=O) groups excluding carboxylic acids is 2. The Bertz CT molecular complexity index is 1190. The number of ether oxygens (including phenoxy) is 3. The molecule has 3 aromatic carbocycles. The van der Waals surface area contributed by atoms with E-state index in [9.17, 15) is 9.59 Å². The third kappa shape index (κ3) is 6.59. The van der Waals surface area contributed by atoms with E-state index in [0.29, 0.717) is 34.1 Å². The second-order valence-corrected chi connectivity index (χ2v) is 7.47. The molecular formula is C26H27N3O5. The summed E-state index contributed by atoms with van der Waals surface area (Å²) < 4.78 is 16.1. The molecule has 176 valence electrons. The van der Waals surface area contributed by atoms with Crippen molar-refractivity contribution in [1.82, 2.24) is 5.43 Å². The highest BCUT2D eigenvalue weighted by Gasteiger charge is 2.10. The van der Waals surface area contributed by atoms with E-state index in [2.05, 4.69) is 15.8 Å². The van der Waals surface area contributed by atoms with Crippen molar-refractivity contribution in [2.45, 2.75) is 13.8 Å². The number of rotatable bonds is 9. The largest absolute Gasteiger partial charge is 0.497 e. The molecule has 0 aliphatic carbocycles. The molecule has 0 saturated heterocycles. The average molecular weight is 462 g/mol. The monoisotopic (exact) mass is 461 g/mol. The van der Waals surface area contributed by atoms with Gasteiger partial charge in [-0.15, -0.1) is 0 Å². The number of aryl methyl sites for hydroxylation is 2. The summed E-state index contributed by atoms with van der Waals surface area (Å²) in [5.41, 5.74) is 6.57. The smallest absolute Gasteiger partial charge is 0.271 e. The molecule has 0 spiro atoms. The van der Waals surface area contributed by atoms with Crippen LogP contribution < -0.4 is 25.0 Å². The van der Waals surface area contributed by atoms with Gasteiger partial charge in [-0.3, -0.25) is 9.59 Å². The van der Waals surface area contributed by atoms with Gasteiger partial charge in [-0.1, -0.05) is 6.07 Å². The Hall–Kier alpha value is -4.33. The van der Waals surface area contributed by atoms with Crippen molar-refractivity contribution in [3.8, 4) is 17.2 Å². The summed E-state index contributed by atoms with van der Waals surface area (Å²) in [7, 11) is 3.06. The van der Waals surface area contributed by atoms with Crippen molar-refractivity contribution in [3.63, 3.8) is 0 Å². The zero-order valence-electron chi connectivity index (χ0n) is 19.5. The van der Waals surface area contributed by atoms with Crippen LogP contribution in [0.2, 0.25) is 0 Å². The molecule has 3 rings (SSSR count). The van der Waals surface area contributed by atoms with Gasteiger partial charge in [-0.25, -0.2) is 5.43 Å². The molecule has 0 aromatic heterocycles. The first-order chi connectivity index (χ1) is 16.4. The van der Waals surface area contributed by atoms with Gasteiger partial charge in [0.1, 0.15) is 5.75 Å². The molecule has 3 aromatic rings. The highest BCUT2D eigenvalue weighted by atomic mass is 16.5. The Balaban J connectivity index is 1.56. The zero-order chi connectivity index (χ0) is 24.5. The van der Waals surface area contributed by atoms with Crippen LogP contribution in [0.4, 0.5) is 5.69 Å². The first-order valence-electron chi connectivity index (χ1n) is 10.5. The van der Waals surface area contributed by atoms with E-state index in [-0.39, 0.29) is 18.4 Å². The Morgan fingerprint density at radius 2 is 1.65 bits per heavy atom. The maximum Gasteiger partial charge on any atom is 0.271 e. The van der Waals surface area contributed by atoms with Gasteiger partial charge >= 0.3 is 0 Å². The lowest BCUT2D eigenvalue weighted by Crippen LogP contribution is -2.20. The molecular weight excluding hydrogens is 434 g/mol. The van der Waals surface area contributed by atoms with Crippen LogP contribution in [0.3, 0.4) is 0 Å². The highest BCUT2D eigenvalue weighted by molar-refractivity contribution is 5.95. The van der Waals surface area contributed by atoms with Crippen molar-refractivity contribution >= 4 is 23.7 Å². The molecule has 0 atom stereocenters. The van der Waals surface area contributed by atoms with Gasteiger partial charge < -0.3 is 19.5 Å². The van der Waals surface area contributed by atoms with Crippen LogP contribution in [0.25, 0.3) is 0 Å². The van der Waals surface area contributed by atoms with Gasteiger partial charge in [0, 0.05) is 11.3 Å². The molecule has 0 saturated carbocycles. The molecule has 34 heavy (non-hydrogen) atoms. The standard InChI is InChI=1S/C26H27N3O5/c1-17-5-9-21(13-18(17)2)28-25(30)16-34-23-12-6-19(14-24(23)33-4)15-27-29-26(31)20-7-10-22(32-3)11-8-20/h5-15H,16H2,1-4H3,(H,28,30)(H,29,31)/b27-15-. The minimum absolute atomic E-state index is 0.172. The van der Waals surface area contributed by atoms with Crippen LogP contribution in [0, 0.1) is 13.8 Å². The van der Waals surface area contributed by atoms with Crippen LogP contribution in [-0.2, 0) is 4.79 Å². The lowest BCUT2D eigenvalue weighted by Gasteiger charge is -2.12. The Labute approximate surface area is 198 Å². The molecule has 8 heteroatoms. The molecule has 0 heterocycles. The number of carbonyl (C=O) groups is 2. The summed E-state index contributed by atoms with van der Waals surface area (Å²) in [6.45, 7) is 3.83. The fourth-order valence-corrected chi connectivity index (χ4v) is 3.02.